The molecule has 0 aliphatic heterocycles. The zero-order valence-electron chi connectivity index (χ0n) is 16.7. The monoisotopic (exact) mass is 435 g/mol. The van der Waals surface area contributed by atoms with Crippen molar-refractivity contribution in [1.82, 2.24) is 9.97 Å². The molecule has 30 heavy (non-hydrogen) atoms. The molecule has 0 aliphatic carbocycles. The van der Waals surface area contributed by atoms with Crippen molar-refractivity contribution in [3.63, 3.8) is 0 Å². The molecular formula is C23H21N3O2S2. The first-order valence-corrected chi connectivity index (χ1v) is 11.3. The predicted molar refractivity (Wildman–Crippen MR) is 122 cm³/mol. The Labute approximate surface area is 183 Å². The van der Waals surface area contributed by atoms with Gasteiger partial charge in [0.15, 0.2) is 5.13 Å². The number of hydrogen-bond donors (Lipinski definition) is 0. The minimum absolute atomic E-state index is 0.0631. The topological polar surface area (TPSA) is 55.3 Å². The average Bonchev–Trinajstić information content (AvgIpc) is 3.37. The van der Waals surface area contributed by atoms with Crippen molar-refractivity contribution in [2.24, 2.45) is 0 Å². The number of hydrogen-bond acceptors (Lipinski definition) is 6. The highest BCUT2D eigenvalue weighted by Crippen LogP contribution is 2.29. The summed E-state index contributed by atoms with van der Waals surface area (Å²) in [7, 11) is 0. The number of anilines is 2. The Morgan fingerprint density at radius 3 is 2.43 bits per heavy atom. The number of amides is 1. The van der Waals surface area contributed by atoms with Crippen molar-refractivity contribution in [1.29, 1.82) is 0 Å². The molecule has 4 aromatic rings. The van der Waals surface area contributed by atoms with Gasteiger partial charge in [-0.25, -0.2) is 9.97 Å². The van der Waals surface area contributed by atoms with Gasteiger partial charge in [0.25, 0.3) is 0 Å². The number of para-hydroxylation sites is 1. The van der Waals surface area contributed by atoms with Gasteiger partial charge in [-0.15, -0.1) is 22.7 Å². The summed E-state index contributed by atoms with van der Waals surface area (Å²) in [4.78, 5) is 23.9. The summed E-state index contributed by atoms with van der Waals surface area (Å²) in [6.45, 7) is 4.35. The lowest BCUT2D eigenvalue weighted by Crippen LogP contribution is -2.27. The van der Waals surface area contributed by atoms with Crippen LogP contribution in [0.15, 0.2) is 65.4 Å². The van der Waals surface area contributed by atoms with Crippen LogP contribution in [-0.2, 0) is 17.8 Å². The Kier molecular flexibility index (Phi) is 6.21. The van der Waals surface area contributed by atoms with Gasteiger partial charge in [-0.3, -0.25) is 9.69 Å². The van der Waals surface area contributed by atoms with E-state index in [0.29, 0.717) is 11.7 Å². The molecule has 1 amide bonds. The SMILES string of the molecule is Cc1ccc(OCc2nc(CC(=O)N(c3ccccc3)c3nc(C)cs3)cs2)cc1. The third-order valence-corrected chi connectivity index (χ3v) is 6.19. The maximum absolute atomic E-state index is 13.2. The van der Waals surface area contributed by atoms with Crippen LogP contribution in [0.5, 0.6) is 5.75 Å². The van der Waals surface area contributed by atoms with Gasteiger partial charge in [0, 0.05) is 10.8 Å². The van der Waals surface area contributed by atoms with Crippen LogP contribution in [-0.4, -0.2) is 15.9 Å². The molecule has 0 fully saturated rings. The number of ether oxygens (including phenoxy) is 1. The van der Waals surface area contributed by atoms with Gasteiger partial charge in [0.1, 0.15) is 17.4 Å². The van der Waals surface area contributed by atoms with Gasteiger partial charge < -0.3 is 4.74 Å². The summed E-state index contributed by atoms with van der Waals surface area (Å²) in [5.41, 5.74) is 3.63. The minimum atomic E-state index is -0.0631. The fourth-order valence-electron chi connectivity index (χ4n) is 2.89. The van der Waals surface area contributed by atoms with Gasteiger partial charge in [0.2, 0.25) is 5.91 Å². The molecule has 5 nitrogen and oxygen atoms in total. The number of aryl methyl sites for hydroxylation is 2. The minimum Gasteiger partial charge on any atom is -0.486 e. The van der Waals surface area contributed by atoms with E-state index in [4.69, 9.17) is 4.74 Å². The number of carbonyl (C=O) groups is 1. The number of carbonyl (C=O) groups excluding carboxylic acids is 1. The number of benzene rings is 2. The fourth-order valence-corrected chi connectivity index (χ4v) is 4.44. The smallest absolute Gasteiger partial charge is 0.239 e. The lowest BCUT2D eigenvalue weighted by atomic mass is 10.2. The first-order chi connectivity index (χ1) is 14.6. The number of aromatic nitrogens is 2. The zero-order valence-corrected chi connectivity index (χ0v) is 18.4. The van der Waals surface area contributed by atoms with Crippen LogP contribution in [0.25, 0.3) is 0 Å². The molecule has 0 bridgehead atoms. The molecule has 2 aromatic heterocycles. The highest BCUT2D eigenvalue weighted by atomic mass is 32.1. The molecule has 0 N–H and O–H groups in total. The standard InChI is InChI=1S/C23H21N3O2S2/c1-16-8-10-20(11-9-16)28-13-21-25-18(15-29-21)12-22(27)26(19-6-4-3-5-7-19)23-24-17(2)14-30-23/h3-11,14-15H,12-13H2,1-2H3. The fraction of sp³-hybridized carbons (Fsp3) is 0.174. The molecule has 4 rings (SSSR count). The van der Waals surface area contributed by atoms with Gasteiger partial charge in [-0.1, -0.05) is 35.9 Å². The van der Waals surface area contributed by atoms with E-state index in [2.05, 4.69) is 9.97 Å². The molecule has 0 saturated carbocycles. The van der Waals surface area contributed by atoms with E-state index in [0.717, 1.165) is 27.8 Å². The van der Waals surface area contributed by atoms with Crippen LogP contribution in [0.3, 0.4) is 0 Å². The molecule has 0 saturated heterocycles. The molecule has 152 valence electrons. The van der Waals surface area contributed by atoms with Crippen molar-refractivity contribution >= 4 is 39.4 Å². The molecular weight excluding hydrogens is 414 g/mol. The molecule has 0 atom stereocenters. The summed E-state index contributed by atoms with van der Waals surface area (Å²) in [5.74, 6) is 0.745. The lowest BCUT2D eigenvalue weighted by Gasteiger charge is -2.19. The molecule has 0 aliphatic rings. The summed E-state index contributed by atoms with van der Waals surface area (Å²) in [6, 6.07) is 17.5. The molecule has 0 spiro atoms. The third kappa shape index (κ3) is 4.93. The second-order valence-corrected chi connectivity index (χ2v) is 8.63. The van der Waals surface area contributed by atoms with Crippen molar-refractivity contribution in [2.45, 2.75) is 26.9 Å². The van der Waals surface area contributed by atoms with Crippen LogP contribution < -0.4 is 9.64 Å². The molecule has 2 aromatic carbocycles. The zero-order chi connectivity index (χ0) is 20.9. The molecule has 0 radical (unpaired) electrons. The normalized spacial score (nSPS) is 10.7. The van der Waals surface area contributed by atoms with Crippen molar-refractivity contribution < 1.29 is 9.53 Å². The second kappa shape index (κ2) is 9.19. The molecule has 7 heteroatoms. The average molecular weight is 436 g/mol. The number of rotatable bonds is 7. The van der Waals surface area contributed by atoms with Crippen LogP contribution in [0, 0.1) is 13.8 Å². The van der Waals surface area contributed by atoms with E-state index in [1.165, 1.54) is 28.2 Å². The van der Waals surface area contributed by atoms with Crippen molar-refractivity contribution in [3.05, 3.63) is 87.3 Å². The van der Waals surface area contributed by atoms with Gasteiger partial charge in [-0.2, -0.15) is 0 Å². The van der Waals surface area contributed by atoms with E-state index in [9.17, 15) is 4.79 Å². The summed E-state index contributed by atoms with van der Waals surface area (Å²) in [6.07, 6.45) is 0.203. The Hall–Kier alpha value is -3.03. The Balaban J connectivity index is 1.46. The van der Waals surface area contributed by atoms with Gasteiger partial charge in [0.05, 0.1) is 23.5 Å². The highest BCUT2D eigenvalue weighted by Gasteiger charge is 2.22. The Morgan fingerprint density at radius 1 is 0.967 bits per heavy atom. The van der Waals surface area contributed by atoms with Gasteiger partial charge in [-0.05, 0) is 38.1 Å². The predicted octanol–water partition coefficient (Wildman–Crippen LogP) is 5.70. The number of thiazole rings is 2. The summed E-state index contributed by atoms with van der Waals surface area (Å²) in [5, 5.41) is 5.38. The van der Waals surface area contributed by atoms with Gasteiger partial charge >= 0.3 is 0 Å². The number of nitrogens with zero attached hydrogens (tertiary/aromatic N) is 3. The Bertz CT molecular complexity index is 1120. The van der Waals surface area contributed by atoms with E-state index < -0.39 is 0 Å². The largest absolute Gasteiger partial charge is 0.486 e. The molecule has 0 unspecified atom stereocenters. The Morgan fingerprint density at radius 2 is 1.73 bits per heavy atom. The first kappa shape index (κ1) is 20.3. The van der Waals surface area contributed by atoms with Crippen LogP contribution >= 0.6 is 22.7 Å². The van der Waals surface area contributed by atoms with Crippen LogP contribution in [0.4, 0.5) is 10.8 Å². The van der Waals surface area contributed by atoms with E-state index in [1.54, 1.807) is 4.90 Å². The lowest BCUT2D eigenvalue weighted by molar-refractivity contribution is -0.117. The summed E-state index contributed by atoms with van der Waals surface area (Å²) >= 11 is 2.96. The quantitative estimate of drug-likeness (QED) is 0.373. The maximum Gasteiger partial charge on any atom is 0.239 e. The molecule has 2 heterocycles. The van der Waals surface area contributed by atoms with Crippen molar-refractivity contribution in [2.75, 3.05) is 4.90 Å². The second-order valence-electron chi connectivity index (χ2n) is 6.85. The van der Waals surface area contributed by atoms with Crippen molar-refractivity contribution in [3.8, 4) is 5.75 Å². The first-order valence-electron chi connectivity index (χ1n) is 9.51. The van der Waals surface area contributed by atoms with E-state index >= 15 is 0 Å². The highest BCUT2D eigenvalue weighted by molar-refractivity contribution is 7.14. The van der Waals surface area contributed by atoms with Crippen LogP contribution in [0.1, 0.15) is 22.0 Å². The third-order valence-electron chi connectivity index (χ3n) is 4.38. The van der Waals surface area contributed by atoms with Crippen LogP contribution in [0.2, 0.25) is 0 Å². The maximum atomic E-state index is 13.2. The summed E-state index contributed by atoms with van der Waals surface area (Å²) < 4.78 is 5.80. The van der Waals surface area contributed by atoms with E-state index in [-0.39, 0.29) is 12.3 Å². The van der Waals surface area contributed by atoms with E-state index in [1.807, 2.05) is 79.2 Å².